The Labute approximate surface area is 96.9 Å². The van der Waals surface area contributed by atoms with E-state index in [4.69, 9.17) is 0 Å². The van der Waals surface area contributed by atoms with Gasteiger partial charge >= 0.3 is 0 Å². The number of amides is 1. The number of nitrogens with one attached hydrogen (secondary N) is 1. The van der Waals surface area contributed by atoms with E-state index in [0.29, 0.717) is 5.69 Å². The summed E-state index contributed by atoms with van der Waals surface area (Å²) >= 11 is 0. The van der Waals surface area contributed by atoms with Crippen LogP contribution in [0.1, 0.15) is 10.5 Å². The summed E-state index contributed by atoms with van der Waals surface area (Å²) in [6.07, 6.45) is 3.19. The van der Waals surface area contributed by atoms with E-state index in [0.717, 1.165) is 0 Å². The van der Waals surface area contributed by atoms with Crippen molar-refractivity contribution >= 4 is 11.6 Å². The highest BCUT2D eigenvalue weighted by Crippen LogP contribution is 2.11. The third kappa shape index (κ3) is 2.36. The number of aromatic amines is 1. The standard InChI is InChI=1S/C11H10N4O2/c1-15(8-4-6-12-7-5-8)11(17)9-2-3-10(16)14-13-9/h2-7H,1H3,(H,14,16). The Hall–Kier alpha value is -2.50. The van der Waals surface area contributed by atoms with Gasteiger partial charge in [-0.2, -0.15) is 5.10 Å². The summed E-state index contributed by atoms with van der Waals surface area (Å²) in [7, 11) is 1.63. The van der Waals surface area contributed by atoms with Crippen LogP contribution in [0.3, 0.4) is 0 Å². The first kappa shape index (κ1) is 11.0. The summed E-state index contributed by atoms with van der Waals surface area (Å²) < 4.78 is 0. The Balaban J connectivity index is 2.26. The molecule has 2 heterocycles. The van der Waals surface area contributed by atoms with Gasteiger partial charge in [0.2, 0.25) is 0 Å². The minimum Gasteiger partial charge on any atom is -0.310 e. The van der Waals surface area contributed by atoms with Crippen LogP contribution in [0.4, 0.5) is 5.69 Å². The summed E-state index contributed by atoms with van der Waals surface area (Å²) in [5, 5.41) is 5.90. The van der Waals surface area contributed by atoms with Gasteiger partial charge in [-0.25, -0.2) is 5.10 Å². The molecule has 0 saturated carbocycles. The molecule has 6 heteroatoms. The number of anilines is 1. The number of aromatic nitrogens is 3. The van der Waals surface area contributed by atoms with Gasteiger partial charge in [-0.3, -0.25) is 14.6 Å². The van der Waals surface area contributed by atoms with Gasteiger partial charge in [0.15, 0.2) is 0 Å². The Kier molecular flexibility index (Phi) is 2.95. The molecule has 0 radical (unpaired) electrons. The minimum absolute atomic E-state index is 0.184. The summed E-state index contributed by atoms with van der Waals surface area (Å²) in [5.41, 5.74) is 0.551. The van der Waals surface area contributed by atoms with Crippen LogP contribution < -0.4 is 10.5 Å². The number of carbonyl (C=O) groups is 1. The molecule has 1 amide bonds. The maximum Gasteiger partial charge on any atom is 0.278 e. The van der Waals surface area contributed by atoms with Crippen LogP contribution >= 0.6 is 0 Å². The minimum atomic E-state index is -0.340. The van der Waals surface area contributed by atoms with Crippen LogP contribution in [0.5, 0.6) is 0 Å². The van der Waals surface area contributed by atoms with Crippen molar-refractivity contribution in [3.05, 3.63) is 52.7 Å². The van der Waals surface area contributed by atoms with Crippen molar-refractivity contribution in [3.8, 4) is 0 Å². The molecule has 0 aromatic carbocycles. The summed E-state index contributed by atoms with van der Waals surface area (Å²) in [6, 6.07) is 6.08. The molecule has 0 aliphatic heterocycles. The number of pyridine rings is 1. The third-order valence-corrected chi connectivity index (χ3v) is 2.25. The lowest BCUT2D eigenvalue weighted by atomic mass is 10.3. The topological polar surface area (TPSA) is 79.0 Å². The first-order chi connectivity index (χ1) is 8.18. The molecule has 0 saturated heterocycles. The second-order valence-electron chi connectivity index (χ2n) is 3.38. The van der Waals surface area contributed by atoms with Crippen molar-refractivity contribution in [1.82, 2.24) is 15.2 Å². The van der Waals surface area contributed by atoms with Crippen molar-refractivity contribution in [2.45, 2.75) is 0 Å². The fourth-order valence-electron chi connectivity index (χ4n) is 1.32. The van der Waals surface area contributed by atoms with Crippen LogP contribution in [0, 0.1) is 0 Å². The normalized spacial score (nSPS) is 9.94. The van der Waals surface area contributed by atoms with Gasteiger partial charge in [0.1, 0.15) is 5.69 Å². The molecule has 86 valence electrons. The quantitative estimate of drug-likeness (QED) is 0.812. The van der Waals surface area contributed by atoms with E-state index in [1.165, 1.54) is 17.0 Å². The first-order valence-electron chi connectivity index (χ1n) is 4.92. The van der Waals surface area contributed by atoms with Gasteiger partial charge in [0.25, 0.3) is 11.5 Å². The van der Waals surface area contributed by atoms with Crippen LogP contribution in [-0.2, 0) is 0 Å². The van der Waals surface area contributed by atoms with Gasteiger partial charge < -0.3 is 4.90 Å². The molecule has 2 aromatic heterocycles. The van der Waals surface area contributed by atoms with Crippen molar-refractivity contribution in [1.29, 1.82) is 0 Å². The number of H-pyrrole nitrogens is 1. The van der Waals surface area contributed by atoms with E-state index in [1.54, 1.807) is 31.6 Å². The lowest BCUT2D eigenvalue weighted by Crippen LogP contribution is -2.28. The molecule has 0 unspecified atom stereocenters. The average molecular weight is 230 g/mol. The van der Waals surface area contributed by atoms with E-state index in [1.807, 2.05) is 0 Å². The molecular weight excluding hydrogens is 220 g/mol. The summed E-state index contributed by atoms with van der Waals surface area (Å²) in [4.78, 5) is 28.1. The second-order valence-corrected chi connectivity index (χ2v) is 3.38. The van der Waals surface area contributed by atoms with E-state index >= 15 is 0 Å². The van der Waals surface area contributed by atoms with Gasteiger partial charge in [0.05, 0.1) is 0 Å². The molecule has 17 heavy (non-hydrogen) atoms. The fourth-order valence-corrected chi connectivity index (χ4v) is 1.32. The second kappa shape index (κ2) is 4.56. The lowest BCUT2D eigenvalue weighted by Gasteiger charge is -2.15. The summed E-state index contributed by atoms with van der Waals surface area (Å²) in [6.45, 7) is 0. The molecule has 2 aromatic rings. The molecular formula is C11H10N4O2. The Bertz CT molecular complexity index is 559. The Morgan fingerprint density at radius 2 is 1.94 bits per heavy atom. The SMILES string of the molecule is CN(C(=O)c1ccc(=O)[nH]n1)c1ccncc1. The van der Waals surface area contributed by atoms with Crippen molar-refractivity contribution in [2.75, 3.05) is 11.9 Å². The van der Waals surface area contributed by atoms with E-state index in [-0.39, 0.29) is 17.2 Å². The van der Waals surface area contributed by atoms with Crippen molar-refractivity contribution in [2.24, 2.45) is 0 Å². The van der Waals surface area contributed by atoms with E-state index < -0.39 is 0 Å². The smallest absolute Gasteiger partial charge is 0.278 e. The van der Waals surface area contributed by atoms with E-state index in [9.17, 15) is 9.59 Å². The van der Waals surface area contributed by atoms with Gasteiger partial charge in [-0.15, -0.1) is 0 Å². The maximum atomic E-state index is 12.0. The highest BCUT2D eigenvalue weighted by molar-refractivity contribution is 6.04. The fraction of sp³-hybridized carbons (Fsp3) is 0.0909. The molecule has 6 nitrogen and oxygen atoms in total. The molecule has 2 rings (SSSR count). The van der Waals surface area contributed by atoms with Gasteiger partial charge in [0, 0.05) is 31.2 Å². The summed E-state index contributed by atoms with van der Waals surface area (Å²) in [5.74, 6) is -0.299. The first-order valence-corrected chi connectivity index (χ1v) is 4.92. The molecule has 0 bridgehead atoms. The van der Waals surface area contributed by atoms with Crippen LogP contribution in [0.25, 0.3) is 0 Å². The lowest BCUT2D eigenvalue weighted by molar-refractivity contribution is 0.0987. The predicted molar refractivity (Wildman–Crippen MR) is 61.8 cm³/mol. The van der Waals surface area contributed by atoms with Gasteiger partial charge in [-0.1, -0.05) is 0 Å². The molecule has 0 atom stereocenters. The molecule has 0 aliphatic rings. The van der Waals surface area contributed by atoms with Crippen LogP contribution in [0.2, 0.25) is 0 Å². The van der Waals surface area contributed by atoms with E-state index in [2.05, 4.69) is 15.2 Å². The largest absolute Gasteiger partial charge is 0.310 e. The van der Waals surface area contributed by atoms with Crippen molar-refractivity contribution in [3.63, 3.8) is 0 Å². The number of nitrogens with zero attached hydrogens (tertiary/aromatic N) is 3. The molecule has 0 spiro atoms. The third-order valence-electron chi connectivity index (χ3n) is 2.25. The zero-order valence-corrected chi connectivity index (χ0v) is 9.12. The van der Waals surface area contributed by atoms with Crippen LogP contribution in [0.15, 0.2) is 41.5 Å². The zero-order valence-electron chi connectivity index (χ0n) is 9.12. The highest BCUT2D eigenvalue weighted by Gasteiger charge is 2.14. The monoisotopic (exact) mass is 230 g/mol. The zero-order chi connectivity index (χ0) is 12.3. The number of carbonyl (C=O) groups excluding carboxylic acids is 1. The Morgan fingerprint density at radius 1 is 1.24 bits per heavy atom. The predicted octanol–water partition coefficient (Wildman–Crippen LogP) is 0.441. The number of hydrogen-bond acceptors (Lipinski definition) is 4. The highest BCUT2D eigenvalue weighted by atomic mass is 16.2. The molecule has 0 fully saturated rings. The maximum absolute atomic E-state index is 12.0. The Morgan fingerprint density at radius 3 is 2.53 bits per heavy atom. The number of rotatable bonds is 2. The van der Waals surface area contributed by atoms with Crippen molar-refractivity contribution < 1.29 is 4.79 Å². The average Bonchev–Trinajstić information content (AvgIpc) is 2.39. The molecule has 1 N–H and O–H groups in total. The number of hydrogen-bond donors (Lipinski definition) is 1. The van der Waals surface area contributed by atoms with Crippen LogP contribution in [-0.4, -0.2) is 28.1 Å². The molecule has 0 aliphatic carbocycles. The van der Waals surface area contributed by atoms with Gasteiger partial charge in [-0.05, 0) is 18.2 Å².